The van der Waals surface area contributed by atoms with E-state index in [0.29, 0.717) is 37.6 Å². The molecule has 0 aliphatic carbocycles. The second kappa shape index (κ2) is 9.50. The molecule has 0 saturated carbocycles. The summed E-state index contributed by atoms with van der Waals surface area (Å²) in [5, 5.41) is 3.15. The van der Waals surface area contributed by atoms with Crippen molar-refractivity contribution in [2.24, 2.45) is 11.8 Å². The minimum atomic E-state index is -3.69. The fraction of sp³-hybridized carbons (Fsp3) is 0.440. The van der Waals surface area contributed by atoms with Crippen LogP contribution in [0.5, 0.6) is 11.5 Å². The number of fused-ring (bicyclic) bond motifs is 2. The summed E-state index contributed by atoms with van der Waals surface area (Å²) in [6.07, 6.45) is 0.918. The molecule has 2 aliphatic rings. The van der Waals surface area contributed by atoms with Crippen molar-refractivity contribution >= 4 is 27.0 Å². The summed E-state index contributed by atoms with van der Waals surface area (Å²) >= 11 is 0. The number of imidazole rings is 1. The molecule has 2 aromatic carbocycles. The van der Waals surface area contributed by atoms with Crippen LogP contribution in [-0.2, 0) is 14.8 Å². The Balaban J connectivity index is 1.24. The standard InChI is InChI=1S/C25H30N4O5S/c1-16(2)23(24-26-19-5-3-4-6-20(19)27-24)28-25(30)17-9-11-29(12-10-17)35(31,32)18-7-8-21-22(15-18)34-14-13-33-21/h3-8,15-17,23H,9-14H2,1-2H3,(H,26,27)(H,28,30)/t23-/m1/s1. The normalized spacial score (nSPS) is 18.0. The van der Waals surface area contributed by atoms with E-state index in [4.69, 9.17) is 9.47 Å². The molecule has 1 aromatic heterocycles. The van der Waals surface area contributed by atoms with Crippen molar-refractivity contribution in [1.82, 2.24) is 19.6 Å². The van der Waals surface area contributed by atoms with Gasteiger partial charge in [0.05, 0.1) is 22.0 Å². The number of piperidine rings is 1. The lowest BCUT2D eigenvalue weighted by Gasteiger charge is -2.32. The number of nitrogens with zero attached hydrogens (tertiary/aromatic N) is 2. The Labute approximate surface area is 204 Å². The van der Waals surface area contributed by atoms with Crippen molar-refractivity contribution in [3.63, 3.8) is 0 Å². The van der Waals surface area contributed by atoms with Gasteiger partial charge in [0.25, 0.3) is 0 Å². The molecule has 0 unspecified atom stereocenters. The van der Waals surface area contributed by atoms with Gasteiger partial charge in [0.2, 0.25) is 15.9 Å². The van der Waals surface area contributed by atoms with Crippen LogP contribution in [0.4, 0.5) is 0 Å². The van der Waals surface area contributed by atoms with Crippen LogP contribution in [-0.4, -0.2) is 54.9 Å². The summed E-state index contributed by atoms with van der Waals surface area (Å²) in [7, 11) is -3.69. The van der Waals surface area contributed by atoms with Crippen molar-refractivity contribution in [3.05, 3.63) is 48.3 Å². The summed E-state index contributed by atoms with van der Waals surface area (Å²) < 4.78 is 38.9. The SMILES string of the molecule is CC(C)[C@@H](NC(=O)C1CCN(S(=O)(=O)c2ccc3c(c2)OCCO3)CC1)c1nc2ccccc2[nH]1. The molecule has 10 heteroatoms. The van der Waals surface area contributed by atoms with Gasteiger partial charge in [-0.3, -0.25) is 4.79 Å². The van der Waals surface area contributed by atoms with Gasteiger partial charge in [0.15, 0.2) is 11.5 Å². The first-order valence-electron chi connectivity index (χ1n) is 12.0. The van der Waals surface area contributed by atoms with E-state index in [1.807, 2.05) is 38.1 Å². The van der Waals surface area contributed by atoms with Crippen molar-refractivity contribution in [2.75, 3.05) is 26.3 Å². The Morgan fingerprint density at radius 1 is 1.09 bits per heavy atom. The third-order valence-electron chi connectivity index (χ3n) is 6.64. The van der Waals surface area contributed by atoms with Gasteiger partial charge >= 0.3 is 0 Å². The summed E-state index contributed by atoms with van der Waals surface area (Å²) in [6.45, 7) is 5.49. The van der Waals surface area contributed by atoms with Crippen molar-refractivity contribution in [1.29, 1.82) is 0 Å². The Hall–Kier alpha value is -3.11. The van der Waals surface area contributed by atoms with Crippen molar-refractivity contribution < 1.29 is 22.7 Å². The zero-order valence-electron chi connectivity index (χ0n) is 19.9. The van der Waals surface area contributed by atoms with Gasteiger partial charge in [-0.2, -0.15) is 4.31 Å². The molecule has 1 saturated heterocycles. The van der Waals surface area contributed by atoms with Crippen LogP contribution in [0.25, 0.3) is 11.0 Å². The first-order chi connectivity index (χ1) is 16.8. The number of hydrogen-bond donors (Lipinski definition) is 2. The van der Waals surface area contributed by atoms with Crippen LogP contribution in [0.2, 0.25) is 0 Å². The molecule has 186 valence electrons. The van der Waals surface area contributed by atoms with Gasteiger partial charge in [-0.15, -0.1) is 0 Å². The van der Waals surface area contributed by atoms with E-state index in [2.05, 4.69) is 15.3 Å². The molecule has 2 aliphatic heterocycles. The van der Waals surface area contributed by atoms with Gasteiger partial charge in [-0.25, -0.2) is 13.4 Å². The van der Waals surface area contributed by atoms with E-state index in [9.17, 15) is 13.2 Å². The van der Waals surface area contributed by atoms with Gasteiger partial charge in [-0.05, 0) is 43.0 Å². The molecule has 5 rings (SSSR count). The van der Waals surface area contributed by atoms with Crippen LogP contribution in [0, 0.1) is 11.8 Å². The number of ether oxygens (including phenoxy) is 2. The number of aromatic amines is 1. The molecule has 2 N–H and O–H groups in total. The van der Waals surface area contributed by atoms with Crippen molar-refractivity contribution in [3.8, 4) is 11.5 Å². The van der Waals surface area contributed by atoms with Crippen LogP contribution in [0.1, 0.15) is 38.6 Å². The van der Waals surface area contributed by atoms with E-state index in [-0.39, 0.29) is 41.8 Å². The average Bonchev–Trinajstić information content (AvgIpc) is 3.30. The smallest absolute Gasteiger partial charge is 0.243 e. The quantitative estimate of drug-likeness (QED) is 0.539. The second-order valence-corrected chi connectivity index (χ2v) is 11.3. The van der Waals surface area contributed by atoms with Gasteiger partial charge in [0.1, 0.15) is 19.0 Å². The first kappa shape index (κ1) is 23.6. The number of amides is 1. The maximum atomic E-state index is 13.2. The molecule has 35 heavy (non-hydrogen) atoms. The van der Waals surface area contributed by atoms with E-state index in [1.54, 1.807) is 12.1 Å². The van der Waals surface area contributed by atoms with E-state index in [1.165, 1.54) is 10.4 Å². The third kappa shape index (κ3) is 4.72. The summed E-state index contributed by atoms with van der Waals surface area (Å²) in [6, 6.07) is 12.2. The number of carbonyl (C=O) groups excluding carboxylic acids is 1. The fourth-order valence-electron chi connectivity index (χ4n) is 4.63. The average molecular weight is 499 g/mol. The predicted octanol–water partition coefficient (Wildman–Crippen LogP) is 3.25. The Morgan fingerprint density at radius 2 is 1.80 bits per heavy atom. The monoisotopic (exact) mass is 498 g/mol. The molecule has 9 nitrogen and oxygen atoms in total. The Kier molecular flexibility index (Phi) is 6.41. The zero-order valence-corrected chi connectivity index (χ0v) is 20.7. The first-order valence-corrected chi connectivity index (χ1v) is 13.4. The topological polar surface area (TPSA) is 114 Å². The van der Waals surface area contributed by atoms with Crippen molar-refractivity contribution in [2.45, 2.75) is 37.6 Å². The third-order valence-corrected chi connectivity index (χ3v) is 8.54. The number of hydrogen-bond acceptors (Lipinski definition) is 6. The minimum Gasteiger partial charge on any atom is -0.486 e. The lowest BCUT2D eigenvalue weighted by atomic mass is 9.95. The molecular formula is C25H30N4O5S. The molecule has 3 heterocycles. The lowest BCUT2D eigenvalue weighted by Crippen LogP contribution is -2.44. The maximum absolute atomic E-state index is 13.2. The highest BCUT2D eigenvalue weighted by Crippen LogP contribution is 2.34. The van der Waals surface area contributed by atoms with E-state index >= 15 is 0 Å². The number of sulfonamides is 1. The van der Waals surface area contributed by atoms with Crippen LogP contribution in [0.3, 0.4) is 0 Å². The van der Waals surface area contributed by atoms with Gasteiger partial charge in [0, 0.05) is 25.1 Å². The molecule has 0 radical (unpaired) electrons. The lowest BCUT2D eigenvalue weighted by molar-refractivity contribution is -0.127. The Morgan fingerprint density at radius 3 is 2.51 bits per heavy atom. The van der Waals surface area contributed by atoms with Crippen LogP contribution in [0.15, 0.2) is 47.4 Å². The Bertz CT molecular complexity index is 1300. The second-order valence-electron chi connectivity index (χ2n) is 9.35. The molecule has 0 spiro atoms. The molecule has 1 amide bonds. The molecule has 1 atom stereocenters. The summed E-state index contributed by atoms with van der Waals surface area (Å²) in [5.41, 5.74) is 1.79. The summed E-state index contributed by atoms with van der Waals surface area (Å²) in [4.78, 5) is 21.3. The van der Waals surface area contributed by atoms with Crippen LogP contribution >= 0.6 is 0 Å². The number of rotatable bonds is 6. The van der Waals surface area contributed by atoms with Crippen LogP contribution < -0.4 is 14.8 Å². The van der Waals surface area contributed by atoms with E-state index < -0.39 is 10.0 Å². The number of nitrogens with one attached hydrogen (secondary N) is 2. The molecular weight excluding hydrogens is 468 g/mol. The van der Waals surface area contributed by atoms with Gasteiger partial charge < -0.3 is 19.8 Å². The number of H-pyrrole nitrogens is 1. The van der Waals surface area contributed by atoms with E-state index in [0.717, 1.165) is 16.9 Å². The number of aromatic nitrogens is 2. The predicted molar refractivity (Wildman–Crippen MR) is 131 cm³/mol. The largest absolute Gasteiger partial charge is 0.486 e. The molecule has 0 bridgehead atoms. The molecule has 3 aromatic rings. The number of benzene rings is 2. The van der Waals surface area contributed by atoms with Gasteiger partial charge in [-0.1, -0.05) is 26.0 Å². The highest BCUT2D eigenvalue weighted by Gasteiger charge is 2.34. The number of carbonyl (C=O) groups is 1. The zero-order chi connectivity index (χ0) is 24.6. The minimum absolute atomic E-state index is 0.0690. The summed E-state index contributed by atoms with van der Waals surface area (Å²) in [5.74, 6) is 1.53. The number of para-hydroxylation sites is 2. The molecule has 1 fully saturated rings. The maximum Gasteiger partial charge on any atom is 0.243 e. The fourth-order valence-corrected chi connectivity index (χ4v) is 6.12. The highest BCUT2D eigenvalue weighted by molar-refractivity contribution is 7.89. The highest BCUT2D eigenvalue weighted by atomic mass is 32.2.